The van der Waals surface area contributed by atoms with Gasteiger partial charge in [-0.05, 0) is 73.2 Å². The number of benzene rings is 2. The van der Waals surface area contributed by atoms with Crippen LogP contribution in [0, 0.1) is 5.41 Å². The number of likely N-dealkylation sites (N-methyl/N-ethyl adjacent to an activating group) is 1. The van der Waals surface area contributed by atoms with E-state index in [4.69, 9.17) is 28.9 Å². The van der Waals surface area contributed by atoms with Crippen LogP contribution < -0.4 is 11.1 Å². The molecule has 9 nitrogen and oxygen atoms in total. The van der Waals surface area contributed by atoms with E-state index in [-0.39, 0.29) is 23.3 Å². The number of nitrogens with one attached hydrogen (secondary N) is 1. The molecule has 0 aliphatic carbocycles. The molecule has 0 saturated carbocycles. The van der Waals surface area contributed by atoms with E-state index in [1.807, 2.05) is 30.9 Å². The van der Waals surface area contributed by atoms with Crippen molar-refractivity contribution in [1.29, 1.82) is 0 Å². The van der Waals surface area contributed by atoms with Crippen molar-refractivity contribution in [1.82, 2.24) is 10.2 Å². The average Bonchev–Trinajstić information content (AvgIpc) is 2.87. The van der Waals surface area contributed by atoms with E-state index in [9.17, 15) is 9.59 Å². The highest BCUT2D eigenvalue weighted by Gasteiger charge is 2.29. The third-order valence-electron chi connectivity index (χ3n) is 5.84. The molecule has 0 aliphatic rings. The Morgan fingerprint density at radius 3 is 2.15 bits per heavy atom. The summed E-state index contributed by atoms with van der Waals surface area (Å²) in [5.74, 6) is -0.809. The first-order valence-electron chi connectivity index (χ1n) is 12.8. The molecule has 2 aromatic rings. The summed E-state index contributed by atoms with van der Waals surface area (Å²) in [6.07, 6.45) is 1.58. The summed E-state index contributed by atoms with van der Waals surface area (Å²) in [4.78, 5) is 32.9. The maximum absolute atomic E-state index is 14.0. The Morgan fingerprint density at radius 2 is 1.64 bits per heavy atom. The molecule has 0 heterocycles. The van der Waals surface area contributed by atoms with Crippen molar-refractivity contribution in [2.45, 2.75) is 53.5 Å². The number of carbonyl (C=O) groups is 2. The lowest BCUT2D eigenvalue weighted by Crippen LogP contribution is -2.40. The predicted octanol–water partition coefficient (Wildman–Crippen LogP) is 6.26. The second kappa shape index (κ2) is 14.7. The van der Waals surface area contributed by atoms with Crippen LogP contribution in [0.3, 0.4) is 0 Å². The van der Waals surface area contributed by atoms with Gasteiger partial charge in [-0.15, -0.1) is 0 Å². The minimum atomic E-state index is -0.432. The van der Waals surface area contributed by atoms with Crippen molar-refractivity contribution >= 4 is 46.7 Å². The van der Waals surface area contributed by atoms with Gasteiger partial charge in [0.2, 0.25) is 5.96 Å². The Hall–Kier alpha value is -3.30. The average molecular weight is 575 g/mol. The van der Waals surface area contributed by atoms with Gasteiger partial charge in [0, 0.05) is 34.3 Å². The highest BCUT2D eigenvalue weighted by molar-refractivity contribution is 6.46. The molecule has 0 spiro atoms. The maximum Gasteiger partial charge on any atom is 0.273 e. The first kappa shape index (κ1) is 31.9. The number of nitrogens with two attached hydrogens (primary N) is 1. The van der Waals surface area contributed by atoms with Crippen molar-refractivity contribution in [3.05, 3.63) is 69.2 Å². The summed E-state index contributed by atoms with van der Waals surface area (Å²) < 4.78 is 0. The molecular formula is C28H37Cl2N7O2. The molecule has 3 N–H and O–H groups in total. The van der Waals surface area contributed by atoms with Gasteiger partial charge in [-0.2, -0.15) is 5.11 Å². The van der Waals surface area contributed by atoms with Crippen LogP contribution in [0.1, 0.15) is 75.0 Å². The Balaban J connectivity index is 2.46. The first-order chi connectivity index (χ1) is 18.4. The van der Waals surface area contributed by atoms with Gasteiger partial charge in [0.15, 0.2) is 0 Å². The maximum atomic E-state index is 14.0. The minimum absolute atomic E-state index is 0.0496. The Labute approximate surface area is 240 Å². The monoisotopic (exact) mass is 573 g/mol. The zero-order chi connectivity index (χ0) is 29.2. The van der Waals surface area contributed by atoms with Gasteiger partial charge in [0.05, 0.1) is 13.1 Å². The number of guanidine groups is 1. The largest absolute Gasteiger partial charge is 0.368 e. The lowest BCUT2D eigenvalue weighted by atomic mass is 9.86. The van der Waals surface area contributed by atoms with Crippen LogP contribution in [0.25, 0.3) is 0 Å². The zero-order valence-corrected chi connectivity index (χ0v) is 24.8. The number of rotatable bonds is 10. The number of aliphatic imine (C=N–C) groups is 1. The lowest BCUT2D eigenvalue weighted by Gasteiger charge is -2.34. The molecule has 2 rings (SSSR count). The van der Waals surface area contributed by atoms with Crippen molar-refractivity contribution < 1.29 is 9.59 Å². The van der Waals surface area contributed by atoms with E-state index in [0.29, 0.717) is 46.4 Å². The van der Waals surface area contributed by atoms with Crippen molar-refractivity contribution in [2.24, 2.45) is 31.6 Å². The topological polar surface area (TPSA) is 125 Å². The molecule has 210 valence electrons. The van der Waals surface area contributed by atoms with Gasteiger partial charge in [0.1, 0.15) is 5.71 Å². The van der Waals surface area contributed by atoms with E-state index in [0.717, 1.165) is 12.0 Å². The fraction of sp³-hybridized carbons (Fsp3) is 0.429. The van der Waals surface area contributed by atoms with E-state index in [2.05, 4.69) is 46.5 Å². The van der Waals surface area contributed by atoms with Gasteiger partial charge in [0.25, 0.3) is 11.8 Å². The van der Waals surface area contributed by atoms with E-state index in [1.165, 1.54) is 7.05 Å². The van der Waals surface area contributed by atoms with Gasteiger partial charge in [-0.3, -0.25) is 19.9 Å². The molecule has 0 radical (unpaired) electrons. The molecule has 0 bridgehead atoms. The van der Waals surface area contributed by atoms with Crippen molar-refractivity contribution in [3.63, 3.8) is 0 Å². The smallest absolute Gasteiger partial charge is 0.273 e. The Morgan fingerprint density at radius 1 is 1.03 bits per heavy atom. The molecule has 1 atom stereocenters. The fourth-order valence-corrected chi connectivity index (χ4v) is 4.53. The van der Waals surface area contributed by atoms with Gasteiger partial charge >= 0.3 is 0 Å². The molecule has 39 heavy (non-hydrogen) atoms. The summed E-state index contributed by atoms with van der Waals surface area (Å²) in [5.41, 5.74) is 7.87. The molecule has 1 unspecified atom stereocenters. The van der Waals surface area contributed by atoms with Crippen LogP contribution in [0.5, 0.6) is 0 Å². The number of nitrogens with zero attached hydrogens (tertiary/aromatic N) is 5. The molecule has 0 fully saturated rings. The van der Waals surface area contributed by atoms with Crippen LogP contribution in [0.4, 0.5) is 0 Å². The summed E-state index contributed by atoms with van der Waals surface area (Å²) in [7, 11) is 1.44. The molecule has 2 amide bonds. The summed E-state index contributed by atoms with van der Waals surface area (Å²) >= 11 is 12.5. The summed E-state index contributed by atoms with van der Waals surface area (Å²) in [6.45, 7) is 11.2. The van der Waals surface area contributed by atoms with Crippen LogP contribution in [-0.4, -0.2) is 48.5 Å². The summed E-state index contributed by atoms with van der Waals surface area (Å²) in [5, 5.41) is 13.8. The molecule has 0 saturated heterocycles. The molecule has 11 heteroatoms. The standard InChI is InChI=1S/C28H37Cl2N7O2/c1-7-33-24(20-15-21(29)17-22(30)16-20)26(39)37(8-2)23(13-14-28(3,4)5)18-9-11-19(12-10-18)25(38)34-27(31)35-36-32-6/h9-12,15-17,23H,7-8,13-14H2,1-6H3,(H3,31,32,34,35,38). The van der Waals surface area contributed by atoms with E-state index >= 15 is 0 Å². The molecule has 0 aliphatic heterocycles. The predicted molar refractivity (Wildman–Crippen MR) is 159 cm³/mol. The third-order valence-corrected chi connectivity index (χ3v) is 6.28. The second-order valence-electron chi connectivity index (χ2n) is 10.0. The quantitative estimate of drug-likeness (QED) is 0.151. The van der Waals surface area contributed by atoms with Crippen LogP contribution >= 0.6 is 23.2 Å². The summed E-state index contributed by atoms with van der Waals surface area (Å²) in [6, 6.07) is 11.8. The van der Waals surface area contributed by atoms with E-state index < -0.39 is 5.91 Å². The normalized spacial score (nSPS) is 13.4. The first-order valence-corrected chi connectivity index (χ1v) is 13.5. The highest BCUT2D eigenvalue weighted by atomic mass is 35.5. The zero-order valence-electron chi connectivity index (χ0n) is 23.3. The van der Waals surface area contributed by atoms with E-state index in [1.54, 1.807) is 30.3 Å². The van der Waals surface area contributed by atoms with Gasteiger partial charge in [-0.1, -0.05) is 61.2 Å². The number of hydrogen-bond acceptors (Lipinski definition) is 5. The lowest BCUT2D eigenvalue weighted by molar-refractivity contribution is -0.126. The minimum Gasteiger partial charge on any atom is -0.368 e. The molecular weight excluding hydrogens is 537 g/mol. The number of hydrogen-bond donors (Lipinski definition) is 2. The third kappa shape index (κ3) is 9.75. The van der Waals surface area contributed by atoms with Crippen LogP contribution in [0.2, 0.25) is 10.0 Å². The van der Waals surface area contributed by atoms with Crippen molar-refractivity contribution in [3.8, 4) is 0 Å². The Bertz CT molecular complexity index is 1220. The van der Waals surface area contributed by atoms with Gasteiger partial charge in [-0.25, -0.2) is 0 Å². The number of halogens is 2. The van der Waals surface area contributed by atoms with Crippen LogP contribution in [0.15, 0.2) is 62.9 Å². The van der Waals surface area contributed by atoms with Crippen molar-refractivity contribution in [2.75, 3.05) is 20.1 Å². The molecule has 2 aromatic carbocycles. The van der Waals surface area contributed by atoms with Gasteiger partial charge < -0.3 is 10.6 Å². The SMILES string of the molecule is CCN=C(C(=O)N(CC)C(CCC(C)(C)C)c1ccc(C(=O)NC(N)=NN=NC)cc1)c1cc(Cl)cc(Cl)c1. The van der Waals surface area contributed by atoms with Crippen LogP contribution in [-0.2, 0) is 4.79 Å². The number of amides is 2. The number of carbonyl (C=O) groups excluding carboxylic acids is 2. The fourth-order valence-electron chi connectivity index (χ4n) is 4.01. The Kier molecular flexibility index (Phi) is 12.1. The molecule has 0 aromatic heterocycles. The second-order valence-corrected chi connectivity index (χ2v) is 10.9. The highest BCUT2D eigenvalue weighted by Crippen LogP contribution is 2.32.